The molecule has 0 spiro atoms. The molecule has 7 heteroatoms. The SMILES string of the molecule is O=C(O)c1ccc(CSc2ccccc2[N+](=O)[O-])cc1F. The lowest BCUT2D eigenvalue weighted by atomic mass is 10.1. The molecule has 2 aromatic carbocycles. The minimum Gasteiger partial charge on any atom is -0.478 e. The highest BCUT2D eigenvalue weighted by Gasteiger charge is 2.14. The number of carboxylic acids is 1. The number of benzene rings is 2. The van der Waals surface area contributed by atoms with Gasteiger partial charge in [0.1, 0.15) is 5.82 Å². The van der Waals surface area contributed by atoms with E-state index in [0.29, 0.717) is 16.2 Å². The van der Waals surface area contributed by atoms with Gasteiger partial charge in [0.25, 0.3) is 5.69 Å². The molecule has 0 atom stereocenters. The molecule has 0 saturated carbocycles. The summed E-state index contributed by atoms with van der Waals surface area (Å²) >= 11 is 1.20. The maximum atomic E-state index is 13.5. The van der Waals surface area contributed by atoms with Gasteiger partial charge in [0.15, 0.2) is 0 Å². The molecule has 1 N–H and O–H groups in total. The Balaban J connectivity index is 2.16. The second-order valence-corrected chi connectivity index (χ2v) is 5.15. The fourth-order valence-corrected chi connectivity index (χ4v) is 2.68. The van der Waals surface area contributed by atoms with Gasteiger partial charge < -0.3 is 5.11 Å². The first-order valence-corrected chi connectivity index (χ1v) is 6.85. The number of carbonyl (C=O) groups is 1. The van der Waals surface area contributed by atoms with Gasteiger partial charge >= 0.3 is 5.97 Å². The van der Waals surface area contributed by atoms with Crippen LogP contribution in [-0.2, 0) is 5.75 Å². The van der Waals surface area contributed by atoms with E-state index in [-0.39, 0.29) is 5.69 Å². The zero-order valence-electron chi connectivity index (χ0n) is 10.7. The molecular formula is C14H10FNO4S. The molecule has 0 amide bonds. The minimum atomic E-state index is -1.33. The van der Waals surface area contributed by atoms with Gasteiger partial charge in [0, 0.05) is 11.8 Å². The third kappa shape index (κ3) is 3.57. The molecule has 0 aliphatic rings. The Labute approximate surface area is 123 Å². The summed E-state index contributed by atoms with van der Waals surface area (Å²) in [5.41, 5.74) is 0.153. The fraction of sp³-hybridized carbons (Fsp3) is 0.0714. The molecule has 0 saturated heterocycles. The summed E-state index contributed by atoms with van der Waals surface area (Å²) in [5, 5.41) is 19.6. The Morgan fingerprint density at radius 2 is 2.00 bits per heavy atom. The normalized spacial score (nSPS) is 10.3. The highest BCUT2D eigenvalue weighted by atomic mass is 32.2. The van der Waals surface area contributed by atoms with Crippen molar-refractivity contribution in [2.75, 3.05) is 0 Å². The van der Waals surface area contributed by atoms with Gasteiger partial charge in [-0.25, -0.2) is 9.18 Å². The van der Waals surface area contributed by atoms with Crippen molar-refractivity contribution in [3.63, 3.8) is 0 Å². The monoisotopic (exact) mass is 307 g/mol. The molecule has 0 aliphatic carbocycles. The number of thioether (sulfide) groups is 1. The van der Waals surface area contributed by atoms with Gasteiger partial charge in [-0.15, -0.1) is 11.8 Å². The van der Waals surface area contributed by atoms with Crippen LogP contribution in [0.4, 0.5) is 10.1 Å². The Bertz CT molecular complexity index is 705. The van der Waals surface area contributed by atoms with E-state index in [1.807, 2.05) is 0 Å². The smallest absolute Gasteiger partial charge is 0.338 e. The maximum Gasteiger partial charge on any atom is 0.338 e. The van der Waals surface area contributed by atoms with Gasteiger partial charge in [-0.2, -0.15) is 0 Å². The van der Waals surface area contributed by atoms with Crippen molar-refractivity contribution >= 4 is 23.4 Å². The number of aromatic carboxylic acids is 1. The summed E-state index contributed by atoms with van der Waals surface area (Å²) in [6, 6.07) is 10.1. The number of nitro groups is 1. The van der Waals surface area contributed by atoms with Crippen LogP contribution in [0.5, 0.6) is 0 Å². The second kappa shape index (κ2) is 6.36. The standard InChI is InChI=1S/C14H10FNO4S/c15-11-7-9(5-6-10(11)14(17)18)8-21-13-4-2-1-3-12(13)16(19)20/h1-7H,8H2,(H,17,18). The van der Waals surface area contributed by atoms with Crippen LogP contribution in [0.1, 0.15) is 15.9 Å². The lowest BCUT2D eigenvalue weighted by Crippen LogP contribution is -2.00. The average Bonchev–Trinajstić information content (AvgIpc) is 2.45. The molecule has 5 nitrogen and oxygen atoms in total. The number of hydrogen-bond acceptors (Lipinski definition) is 4. The number of nitrogens with zero attached hydrogens (tertiary/aromatic N) is 1. The van der Waals surface area contributed by atoms with E-state index in [4.69, 9.17) is 5.11 Å². The first-order valence-electron chi connectivity index (χ1n) is 5.87. The summed E-state index contributed by atoms with van der Waals surface area (Å²) < 4.78 is 13.5. The largest absolute Gasteiger partial charge is 0.478 e. The molecule has 0 fully saturated rings. The summed E-state index contributed by atoms with van der Waals surface area (Å²) in [4.78, 5) is 21.6. The lowest BCUT2D eigenvalue weighted by Gasteiger charge is -2.04. The summed E-state index contributed by atoms with van der Waals surface area (Å²) in [5.74, 6) is -1.84. The van der Waals surface area contributed by atoms with Gasteiger partial charge in [-0.05, 0) is 23.8 Å². The van der Waals surface area contributed by atoms with Crippen molar-refractivity contribution in [3.8, 4) is 0 Å². The number of rotatable bonds is 5. The molecule has 108 valence electrons. The van der Waals surface area contributed by atoms with Crippen molar-refractivity contribution in [3.05, 3.63) is 69.5 Å². The Kier molecular flexibility index (Phi) is 4.54. The highest BCUT2D eigenvalue weighted by Crippen LogP contribution is 2.31. The van der Waals surface area contributed by atoms with Crippen LogP contribution < -0.4 is 0 Å². The van der Waals surface area contributed by atoms with Crippen LogP contribution in [0.2, 0.25) is 0 Å². The van der Waals surface area contributed by atoms with Gasteiger partial charge in [0.05, 0.1) is 15.4 Å². The predicted molar refractivity (Wildman–Crippen MR) is 76.0 cm³/mol. The molecule has 0 bridgehead atoms. The third-order valence-electron chi connectivity index (χ3n) is 2.72. The topological polar surface area (TPSA) is 80.4 Å². The van der Waals surface area contributed by atoms with E-state index in [1.54, 1.807) is 18.2 Å². The fourth-order valence-electron chi connectivity index (χ4n) is 1.71. The molecule has 0 aliphatic heterocycles. The van der Waals surface area contributed by atoms with Crippen LogP contribution in [-0.4, -0.2) is 16.0 Å². The maximum absolute atomic E-state index is 13.5. The molecule has 2 aromatic rings. The van der Waals surface area contributed by atoms with E-state index in [2.05, 4.69) is 0 Å². The number of para-hydroxylation sites is 1. The summed E-state index contributed by atoms with van der Waals surface area (Å²) in [6.45, 7) is 0. The van der Waals surface area contributed by atoms with Gasteiger partial charge in [-0.1, -0.05) is 18.2 Å². The van der Waals surface area contributed by atoms with E-state index in [0.717, 1.165) is 6.07 Å². The Hall–Kier alpha value is -2.41. The number of hydrogen-bond donors (Lipinski definition) is 1. The van der Waals surface area contributed by atoms with Crippen LogP contribution in [0.25, 0.3) is 0 Å². The zero-order chi connectivity index (χ0) is 15.4. The highest BCUT2D eigenvalue weighted by molar-refractivity contribution is 7.98. The average molecular weight is 307 g/mol. The van der Waals surface area contributed by atoms with Crippen molar-refractivity contribution in [1.82, 2.24) is 0 Å². The number of halogens is 1. The zero-order valence-corrected chi connectivity index (χ0v) is 11.5. The first-order chi connectivity index (χ1) is 9.99. The molecule has 0 heterocycles. The van der Waals surface area contributed by atoms with Crippen LogP contribution in [0.15, 0.2) is 47.4 Å². The van der Waals surface area contributed by atoms with E-state index in [1.165, 1.54) is 30.0 Å². The second-order valence-electron chi connectivity index (χ2n) is 4.13. The molecule has 21 heavy (non-hydrogen) atoms. The van der Waals surface area contributed by atoms with Crippen LogP contribution in [0.3, 0.4) is 0 Å². The molecule has 0 aromatic heterocycles. The molecule has 2 rings (SSSR count). The van der Waals surface area contributed by atoms with Crippen molar-refractivity contribution in [1.29, 1.82) is 0 Å². The van der Waals surface area contributed by atoms with Crippen LogP contribution >= 0.6 is 11.8 Å². The van der Waals surface area contributed by atoms with E-state index < -0.39 is 22.3 Å². The van der Waals surface area contributed by atoms with Crippen LogP contribution in [0, 0.1) is 15.9 Å². The first kappa shape index (κ1) is 15.0. The van der Waals surface area contributed by atoms with Gasteiger partial charge in [0.2, 0.25) is 0 Å². The molecule has 0 unspecified atom stereocenters. The van der Waals surface area contributed by atoms with Crippen molar-refractivity contribution < 1.29 is 19.2 Å². The number of nitro benzene ring substituents is 1. The van der Waals surface area contributed by atoms with E-state index in [9.17, 15) is 19.3 Å². The Morgan fingerprint density at radius 3 is 2.62 bits per heavy atom. The third-order valence-corrected chi connectivity index (χ3v) is 3.85. The summed E-state index contributed by atoms with van der Waals surface area (Å²) in [6.07, 6.45) is 0. The lowest BCUT2D eigenvalue weighted by molar-refractivity contribution is -0.387. The van der Waals surface area contributed by atoms with E-state index >= 15 is 0 Å². The van der Waals surface area contributed by atoms with Crippen molar-refractivity contribution in [2.24, 2.45) is 0 Å². The quantitative estimate of drug-likeness (QED) is 0.517. The predicted octanol–water partition coefficient (Wildman–Crippen LogP) is 3.72. The summed E-state index contributed by atoms with van der Waals surface area (Å²) in [7, 11) is 0. The molecule has 0 radical (unpaired) electrons. The van der Waals surface area contributed by atoms with Crippen molar-refractivity contribution in [2.45, 2.75) is 10.6 Å². The Morgan fingerprint density at radius 1 is 1.29 bits per heavy atom. The van der Waals surface area contributed by atoms with Gasteiger partial charge in [-0.3, -0.25) is 10.1 Å². The number of carboxylic acid groups (broad SMARTS) is 1. The minimum absolute atomic E-state index is 0.00914. The molecular weight excluding hydrogens is 297 g/mol.